The van der Waals surface area contributed by atoms with Gasteiger partial charge in [-0.25, -0.2) is 0 Å². The summed E-state index contributed by atoms with van der Waals surface area (Å²) < 4.78 is 1.04. The maximum Gasteiger partial charge on any atom is 0.244 e. The lowest BCUT2D eigenvalue weighted by Crippen LogP contribution is -2.24. The summed E-state index contributed by atoms with van der Waals surface area (Å²) in [6.45, 7) is 4.02. The van der Waals surface area contributed by atoms with Crippen molar-refractivity contribution < 1.29 is 4.79 Å². The molecule has 20 heavy (non-hydrogen) atoms. The van der Waals surface area contributed by atoms with Gasteiger partial charge >= 0.3 is 0 Å². The van der Waals surface area contributed by atoms with Crippen molar-refractivity contribution in [2.24, 2.45) is 0 Å². The van der Waals surface area contributed by atoms with Crippen LogP contribution in [0.25, 0.3) is 6.08 Å². The van der Waals surface area contributed by atoms with Gasteiger partial charge in [0.1, 0.15) is 0 Å². The molecule has 0 aliphatic heterocycles. The van der Waals surface area contributed by atoms with Crippen molar-refractivity contribution in [3.05, 3.63) is 62.3 Å². The maximum atomic E-state index is 11.9. The van der Waals surface area contributed by atoms with Crippen molar-refractivity contribution in [3.63, 3.8) is 0 Å². The van der Waals surface area contributed by atoms with Crippen LogP contribution in [0.4, 0.5) is 0 Å². The van der Waals surface area contributed by atoms with E-state index in [0.29, 0.717) is 0 Å². The summed E-state index contributed by atoms with van der Waals surface area (Å²) in [6, 6.07) is 9.99. The van der Waals surface area contributed by atoms with Gasteiger partial charge in [-0.2, -0.15) is 0 Å². The lowest BCUT2D eigenvalue weighted by Gasteiger charge is -2.12. The first kappa shape index (κ1) is 15.0. The highest BCUT2D eigenvalue weighted by Crippen LogP contribution is 2.18. The van der Waals surface area contributed by atoms with Gasteiger partial charge in [0.2, 0.25) is 5.91 Å². The van der Waals surface area contributed by atoms with E-state index in [0.717, 1.165) is 14.9 Å². The van der Waals surface area contributed by atoms with Gasteiger partial charge in [-0.15, -0.1) is 11.3 Å². The first-order valence-electron chi connectivity index (χ1n) is 6.34. The lowest BCUT2D eigenvalue weighted by molar-refractivity contribution is -0.117. The highest BCUT2D eigenvalue weighted by Gasteiger charge is 2.07. The minimum Gasteiger partial charge on any atom is -0.346 e. The molecule has 0 saturated heterocycles. The quantitative estimate of drug-likeness (QED) is 0.795. The van der Waals surface area contributed by atoms with Crippen LogP contribution in [-0.4, -0.2) is 5.91 Å². The van der Waals surface area contributed by atoms with E-state index < -0.39 is 0 Å². The van der Waals surface area contributed by atoms with Crippen LogP contribution in [0.15, 0.2) is 46.3 Å². The third kappa shape index (κ3) is 4.05. The van der Waals surface area contributed by atoms with Crippen LogP contribution >= 0.6 is 27.3 Å². The van der Waals surface area contributed by atoms with E-state index in [1.807, 2.05) is 55.6 Å². The van der Waals surface area contributed by atoms with Crippen molar-refractivity contribution >= 4 is 39.2 Å². The Morgan fingerprint density at radius 3 is 2.60 bits per heavy atom. The highest BCUT2D eigenvalue weighted by atomic mass is 79.9. The molecule has 2 nitrogen and oxygen atoms in total. The van der Waals surface area contributed by atoms with Gasteiger partial charge in [-0.3, -0.25) is 4.79 Å². The number of halogens is 1. The van der Waals surface area contributed by atoms with Gasteiger partial charge in [0.05, 0.1) is 6.04 Å². The van der Waals surface area contributed by atoms with Crippen LogP contribution in [-0.2, 0) is 4.79 Å². The van der Waals surface area contributed by atoms with Crippen LogP contribution in [0.5, 0.6) is 0 Å². The molecule has 0 spiro atoms. The summed E-state index contributed by atoms with van der Waals surface area (Å²) in [4.78, 5) is 13.0. The number of rotatable bonds is 4. The summed E-state index contributed by atoms with van der Waals surface area (Å²) in [5.74, 6) is -0.0757. The molecule has 1 aromatic heterocycles. The molecular formula is C16H16BrNOS. The van der Waals surface area contributed by atoms with E-state index in [1.165, 1.54) is 5.56 Å². The van der Waals surface area contributed by atoms with E-state index in [1.54, 1.807) is 17.4 Å². The summed E-state index contributed by atoms with van der Waals surface area (Å²) in [5, 5.41) is 4.99. The Balaban J connectivity index is 1.96. The van der Waals surface area contributed by atoms with Crippen LogP contribution < -0.4 is 5.32 Å². The van der Waals surface area contributed by atoms with E-state index in [4.69, 9.17) is 0 Å². The highest BCUT2D eigenvalue weighted by molar-refractivity contribution is 9.10. The molecule has 0 unspecified atom stereocenters. The van der Waals surface area contributed by atoms with E-state index in [2.05, 4.69) is 21.2 Å². The van der Waals surface area contributed by atoms with Crippen LogP contribution in [0, 0.1) is 6.92 Å². The first-order chi connectivity index (χ1) is 9.56. The Hall–Kier alpha value is -1.39. The van der Waals surface area contributed by atoms with Crippen molar-refractivity contribution in [2.45, 2.75) is 19.9 Å². The van der Waals surface area contributed by atoms with Gasteiger partial charge in [0, 0.05) is 15.4 Å². The van der Waals surface area contributed by atoms with Gasteiger partial charge in [-0.1, -0.05) is 28.1 Å². The fourth-order valence-electron chi connectivity index (χ4n) is 1.80. The van der Waals surface area contributed by atoms with Gasteiger partial charge < -0.3 is 5.32 Å². The number of carbonyl (C=O) groups is 1. The van der Waals surface area contributed by atoms with Gasteiger partial charge in [0.15, 0.2) is 0 Å². The smallest absolute Gasteiger partial charge is 0.244 e. The minimum absolute atomic E-state index is 0.00955. The maximum absolute atomic E-state index is 11.9. The summed E-state index contributed by atoms with van der Waals surface area (Å²) in [7, 11) is 0. The van der Waals surface area contributed by atoms with Gasteiger partial charge in [-0.05, 0) is 54.6 Å². The molecule has 4 heteroatoms. The molecule has 0 bridgehead atoms. The van der Waals surface area contributed by atoms with Crippen molar-refractivity contribution in [3.8, 4) is 0 Å². The Morgan fingerprint density at radius 2 is 2.00 bits per heavy atom. The number of carbonyl (C=O) groups excluding carboxylic acids is 1. The molecule has 0 aliphatic carbocycles. The number of aryl methyl sites for hydroxylation is 1. The Bertz CT molecular complexity index is 616. The van der Waals surface area contributed by atoms with Gasteiger partial charge in [0.25, 0.3) is 0 Å². The normalized spacial score (nSPS) is 12.6. The predicted molar refractivity (Wildman–Crippen MR) is 88.8 cm³/mol. The van der Waals surface area contributed by atoms with Crippen molar-refractivity contribution in [1.29, 1.82) is 0 Å². The number of nitrogens with one attached hydrogen (secondary N) is 1. The molecule has 0 saturated carbocycles. The monoisotopic (exact) mass is 349 g/mol. The molecule has 0 aliphatic rings. The van der Waals surface area contributed by atoms with E-state index in [-0.39, 0.29) is 11.9 Å². The SMILES string of the molecule is Cc1ccsc1/C=C/C(=O)N[C@@H](C)c1ccc(Br)cc1. The molecule has 2 aromatic rings. The van der Waals surface area contributed by atoms with Crippen LogP contribution in [0.2, 0.25) is 0 Å². The molecule has 1 heterocycles. The Labute approximate surface area is 131 Å². The first-order valence-corrected chi connectivity index (χ1v) is 8.01. The minimum atomic E-state index is -0.0757. The molecule has 1 N–H and O–H groups in total. The molecule has 2 rings (SSSR count). The fraction of sp³-hybridized carbons (Fsp3) is 0.188. The van der Waals surface area contributed by atoms with Crippen LogP contribution in [0.1, 0.15) is 29.0 Å². The molecule has 1 aromatic carbocycles. The number of hydrogen-bond acceptors (Lipinski definition) is 2. The van der Waals surface area contributed by atoms with Crippen molar-refractivity contribution in [2.75, 3.05) is 0 Å². The van der Waals surface area contributed by atoms with E-state index >= 15 is 0 Å². The Kier molecular flexibility index (Phi) is 5.15. The third-order valence-electron chi connectivity index (χ3n) is 3.02. The predicted octanol–water partition coefficient (Wildman–Crippen LogP) is 4.71. The number of benzene rings is 1. The lowest BCUT2D eigenvalue weighted by atomic mass is 10.1. The standard InChI is InChI=1S/C16H16BrNOS/c1-11-9-10-20-15(11)7-8-16(19)18-12(2)13-3-5-14(17)6-4-13/h3-10,12H,1-2H3,(H,18,19)/b8-7+/t12-/m0/s1. The van der Waals surface area contributed by atoms with Crippen molar-refractivity contribution in [1.82, 2.24) is 5.32 Å². The zero-order valence-electron chi connectivity index (χ0n) is 11.4. The second-order valence-corrected chi connectivity index (χ2v) is 6.45. The fourth-order valence-corrected chi connectivity index (χ4v) is 2.89. The molecule has 1 amide bonds. The summed E-state index contributed by atoms with van der Waals surface area (Å²) >= 11 is 5.04. The molecule has 0 radical (unpaired) electrons. The second kappa shape index (κ2) is 6.86. The molecule has 1 atom stereocenters. The van der Waals surface area contributed by atoms with E-state index in [9.17, 15) is 4.79 Å². The third-order valence-corrected chi connectivity index (χ3v) is 4.53. The summed E-state index contributed by atoms with van der Waals surface area (Å²) in [6.07, 6.45) is 3.46. The average molecular weight is 350 g/mol. The Morgan fingerprint density at radius 1 is 1.30 bits per heavy atom. The number of amides is 1. The zero-order valence-corrected chi connectivity index (χ0v) is 13.8. The second-order valence-electron chi connectivity index (χ2n) is 4.58. The average Bonchev–Trinajstić information content (AvgIpc) is 2.82. The summed E-state index contributed by atoms with van der Waals surface area (Å²) in [5.41, 5.74) is 2.28. The topological polar surface area (TPSA) is 29.1 Å². The largest absolute Gasteiger partial charge is 0.346 e. The number of hydrogen-bond donors (Lipinski definition) is 1. The van der Waals surface area contributed by atoms with Crippen LogP contribution in [0.3, 0.4) is 0 Å². The molecular weight excluding hydrogens is 334 g/mol. The zero-order chi connectivity index (χ0) is 14.5. The molecule has 104 valence electrons. The number of thiophene rings is 1. The molecule has 0 fully saturated rings.